The van der Waals surface area contributed by atoms with Gasteiger partial charge in [-0.2, -0.15) is 0 Å². The maximum absolute atomic E-state index is 13.3. The van der Waals surface area contributed by atoms with Crippen LogP contribution in [0.2, 0.25) is 0 Å². The Labute approximate surface area is 111 Å². The van der Waals surface area contributed by atoms with Crippen LogP contribution in [0.4, 0.5) is 4.39 Å². The van der Waals surface area contributed by atoms with Crippen molar-refractivity contribution in [3.8, 4) is 5.75 Å². The number of hydrogen-bond donors (Lipinski definition) is 2. The zero-order valence-corrected chi connectivity index (χ0v) is 10.6. The number of benzene rings is 1. The zero-order chi connectivity index (χ0) is 13.8. The maximum atomic E-state index is 13.3. The van der Waals surface area contributed by atoms with E-state index in [-0.39, 0.29) is 6.54 Å². The van der Waals surface area contributed by atoms with Gasteiger partial charge in [0.15, 0.2) is 0 Å². The van der Waals surface area contributed by atoms with Crippen LogP contribution in [0.1, 0.15) is 30.7 Å². The minimum atomic E-state index is -1.07. The minimum absolute atomic E-state index is 0.0847. The van der Waals surface area contributed by atoms with E-state index in [1.54, 1.807) is 0 Å². The topological polar surface area (TPSA) is 72.6 Å². The first kappa shape index (κ1) is 13.8. The highest BCUT2D eigenvalue weighted by atomic mass is 19.1. The Balaban J connectivity index is 2.18. The lowest BCUT2D eigenvalue weighted by atomic mass is 9.86. The third-order valence-corrected chi connectivity index (χ3v) is 3.58. The summed E-state index contributed by atoms with van der Waals surface area (Å²) in [5.74, 6) is -1.54. The predicted molar refractivity (Wildman–Crippen MR) is 68.7 cm³/mol. The number of ether oxygens (including phenoxy) is 1. The van der Waals surface area contributed by atoms with E-state index >= 15 is 0 Å². The molecule has 0 spiro atoms. The Morgan fingerprint density at radius 2 is 2.26 bits per heavy atom. The predicted octanol–water partition coefficient (Wildman–Crippen LogP) is 2.13. The number of carboxylic acids is 1. The highest BCUT2D eigenvalue weighted by molar-refractivity contribution is 5.77. The van der Waals surface area contributed by atoms with Crippen molar-refractivity contribution in [2.24, 2.45) is 11.7 Å². The number of rotatable bonds is 6. The molecule has 0 heterocycles. The summed E-state index contributed by atoms with van der Waals surface area (Å²) in [4.78, 5) is 11.1. The average Bonchev–Trinajstić information content (AvgIpc) is 2.30. The molecule has 1 aromatic carbocycles. The van der Waals surface area contributed by atoms with Crippen LogP contribution >= 0.6 is 0 Å². The van der Waals surface area contributed by atoms with E-state index in [9.17, 15) is 9.18 Å². The summed E-state index contributed by atoms with van der Waals surface area (Å²) in [5, 5.41) is 9.12. The second-order valence-electron chi connectivity index (χ2n) is 4.92. The summed E-state index contributed by atoms with van der Waals surface area (Å²) in [7, 11) is 0. The molecule has 4 nitrogen and oxygen atoms in total. The van der Waals surface area contributed by atoms with E-state index in [0.717, 1.165) is 12.8 Å². The molecular formula is C14H18FNO3. The molecule has 1 atom stereocenters. The van der Waals surface area contributed by atoms with Crippen molar-refractivity contribution in [2.75, 3.05) is 13.2 Å². The molecule has 19 heavy (non-hydrogen) atoms. The molecule has 1 aromatic rings. The Morgan fingerprint density at radius 1 is 1.53 bits per heavy atom. The van der Waals surface area contributed by atoms with Crippen molar-refractivity contribution in [3.63, 3.8) is 0 Å². The third kappa shape index (κ3) is 3.23. The first-order valence-corrected chi connectivity index (χ1v) is 6.47. The lowest BCUT2D eigenvalue weighted by Crippen LogP contribution is -2.23. The Kier molecular flexibility index (Phi) is 4.37. The van der Waals surface area contributed by atoms with Crippen LogP contribution in [-0.4, -0.2) is 24.2 Å². The van der Waals surface area contributed by atoms with Crippen LogP contribution in [-0.2, 0) is 4.79 Å². The minimum Gasteiger partial charge on any atom is -0.493 e. The summed E-state index contributed by atoms with van der Waals surface area (Å²) >= 11 is 0. The molecule has 3 N–H and O–H groups in total. The van der Waals surface area contributed by atoms with Gasteiger partial charge in [-0.15, -0.1) is 0 Å². The summed E-state index contributed by atoms with van der Waals surface area (Å²) in [5.41, 5.74) is 5.77. The summed E-state index contributed by atoms with van der Waals surface area (Å²) < 4.78 is 18.9. The normalized spacial score (nSPS) is 16.7. The van der Waals surface area contributed by atoms with Crippen LogP contribution in [0.25, 0.3) is 0 Å². The fourth-order valence-electron chi connectivity index (χ4n) is 2.15. The standard InChI is InChI=1S/C14H18FNO3/c15-10-4-5-13(19-8-9-2-1-3-9)11(6-10)12(7-16)14(17)18/h4-6,9,12H,1-3,7-8,16H2,(H,17,18). The van der Waals surface area contributed by atoms with Crippen LogP contribution in [0.5, 0.6) is 5.75 Å². The summed E-state index contributed by atoms with van der Waals surface area (Å²) in [6.45, 7) is 0.466. The van der Waals surface area contributed by atoms with Crippen molar-refractivity contribution in [1.29, 1.82) is 0 Å². The number of hydrogen-bond acceptors (Lipinski definition) is 3. The molecule has 1 unspecified atom stereocenters. The Morgan fingerprint density at radius 3 is 2.79 bits per heavy atom. The lowest BCUT2D eigenvalue weighted by molar-refractivity contribution is -0.138. The number of aliphatic carboxylic acids is 1. The fraction of sp³-hybridized carbons (Fsp3) is 0.500. The molecular weight excluding hydrogens is 249 g/mol. The number of carboxylic acid groups (broad SMARTS) is 1. The van der Waals surface area contributed by atoms with Gasteiger partial charge in [0.05, 0.1) is 12.5 Å². The van der Waals surface area contributed by atoms with E-state index in [4.69, 9.17) is 15.6 Å². The van der Waals surface area contributed by atoms with Gasteiger partial charge in [0.1, 0.15) is 11.6 Å². The quantitative estimate of drug-likeness (QED) is 0.828. The van der Waals surface area contributed by atoms with Crippen molar-refractivity contribution in [2.45, 2.75) is 25.2 Å². The third-order valence-electron chi connectivity index (χ3n) is 3.58. The molecule has 0 aliphatic heterocycles. The molecule has 1 aliphatic carbocycles. The van der Waals surface area contributed by atoms with E-state index in [1.807, 2.05) is 0 Å². The highest BCUT2D eigenvalue weighted by Crippen LogP contribution is 2.31. The average molecular weight is 267 g/mol. The molecule has 104 valence electrons. The molecule has 1 fully saturated rings. The second kappa shape index (κ2) is 6.02. The molecule has 5 heteroatoms. The highest BCUT2D eigenvalue weighted by Gasteiger charge is 2.24. The number of carbonyl (C=O) groups is 1. The SMILES string of the molecule is NCC(C(=O)O)c1cc(F)ccc1OCC1CCC1. The van der Waals surface area contributed by atoms with Crippen molar-refractivity contribution >= 4 is 5.97 Å². The van der Waals surface area contributed by atoms with E-state index in [1.165, 1.54) is 24.6 Å². The second-order valence-corrected chi connectivity index (χ2v) is 4.92. The van der Waals surface area contributed by atoms with Gasteiger partial charge in [0, 0.05) is 12.1 Å². The van der Waals surface area contributed by atoms with Crippen molar-refractivity contribution in [1.82, 2.24) is 0 Å². The van der Waals surface area contributed by atoms with Gasteiger partial charge in [-0.05, 0) is 37.0 Å². The van der Waals surface area contributed by atoms with Gasteiger partial charge in [0.2, 0.25) is 0 Å². The van der Waals surface area contributed by atoms with Crippen LogP contribution in [0.15, 0.2) is 18.2 Å². The first-order valence-electron chi connectivity index (χ1n) is 6.47. The Hall–Kier alpha value is -1.62. The van der Waals surface area contributed by atoms with E-state index in [2.05, 4.69) is 0 Å². The summed E-state index contributed by atoms with van der Waals surface area (Å²) in [6.07, 6.45) is 3.48. The van der Waals surface area contributed by atoms with E-state index < -0.39 is 17.7 Å². The van der Waals surface area contributed by atoms with Gasteiger partial charge in [-0.3, -0.25) is 4.79 Å². The summed E-state index contributed by atoms with van der Waals surface area (Å²) in [6, 6.07) is 3.95. The van der Waals surface area contributed by atoms with Gasteiger partial charge < -0.3 is 15.6 Å². The largest absolute Gasteiger partial charge is 0.493 e. The van der Waals surface area contributed by atoms with Gasteiger partial charge in [0.25, 0.3) is 0 Å². The molecule has 0 bridgehead atoms. The molecule has 1 saturated carbocycles. The Bertz CT molecular complexity index is 460. The molecule has 0 radical (unpaired) electrons. The lowest BCUT2D eigenvalue weighted by Gasteiger charge is -2.26. The van der Waals surface area contributed by atoms with Crippen molar-refractivity contribution < 1.29 is 19.0 Å². The maximum Gasteiger partial charge on any atom is 0.312 e. The van der Waals surface area contributed by atoms with E-state index in [0.29, 0.717) is 23.8 Å². The number of halogens is 1. The van der Waals surface area contributed by atoms with Gasteiger partial charge in [-0.25, -0.2) is 4.39 Å². The molecule has 0 amide bonds. The zero-order valence-electron chi connectivity index (χ0n) is 10.6. The smallest absolute Gasteiger partial charge is 0.312 e. The first-order chi connectivity index (χ1) is 9.11. The molecule has 1 aliphatic rings. The van der Waals surface area contributed by atoms with Crippen LogP contribution in [0, 0.1) is 11.7 Å². The van der Waals surface area contributed by atoms with Crippen LogP contribution in [0.3, 0.4) is 0 Å². The molecule has 2 rings (SSSR count). The number of nitrogens with two attached hydrogens (primary N) is 1. The van der Waals surface area contributed by atoms with Gasteiger partial charge >= 0.3 is 5.97 Å². The van der Waals surface area contributed by atoms with Crippen molar-refractivity contribution in [3.05, 3.63) is 29.6 Å². The van der Waals surface area contributed by atoms with Crippen LogP contribution < -0.4 is 10.5 Å². The van der Waals surface area contributed by atoms with Gasteiger partial charge in [-0.1, -0.05) is 6.42 Å². The molecule has 0 saturated heterocycles. The monoisotopic (exact) mass is 267 g/mol. The fourth-order valence-corrected chi connectivity index (χ4v) is 2.15. The molecule has 0 aromatic heterocycles.